The number of benzene rings is 1. The van der Waals surface area contributed by atoms with E-state index in [4.69, 9.17) is 0 Å². The lowest BCUT2D eigenvalue weighted by atomic mass is 9.84. The highest BCUT2D eigenvalue weighted by Gasteiger charge is 2.30. The van der Waals surface area contributed by atoms with Crippen molar-refractivity contribution in [3.63, 3.8) is 0 Å². The van der Waals surface area contributed by atoms with E-state index in [2.05, 4.69) is 29.6 Å². The Morgan fingerprint density at radius 2 is 1.67 bits per heavy atom. The van der Waals surface area contributed by atoms with Gasteiger partial charge in [-0.05, 0) is 37.2 Å². The molecule has 1 aliphatic carbocycles. The first-order chi connectivity index (χ1) is 11.6. The number of carbonyl (C=O) groups excluding carboxylic acids is 1. The fourth-order valence-corrected chi connectivity index (χ4v) is 5.62. The zero-order valence-corrected chi connectivity index (χ0v) is 14.9. The third-order valence-electron chi connectivity index (χ3n) is 5.62. The number of carbonyl (C=O) groups is 1. The Balaban J connectivity index is 1.60. The fraction of sp³-hybridized carbons (Fsp3) is 0.632. The molecule has 0 radical (unpaired) electrons. The summed E-state index contributed by atoms with van der Waals surface area (Å²) in [7, 11) is -2.92. The summed E-state index contributed by atoms with van der Waals surface area (Å²) >= 11 is 0. The summed E-state index contributed by atoms with van der Waals surface area (Å²) in [6.07, 6.45) is 5.96. The van der Waals surface area contributed by atoms with E-state index in [0.29, 0.717) is 31.2 Å². The van der Waals surface area contributed by atoms with E-state index in [1.807, 2.05) is 6.07 Å². The molecule has 1 N–H and O–H groups in total. The predicted molar refractivity (Wildman–Crippen MR) is 95.5 cm³/mol. The molecule has 0 aromatic heterocycles. The van der Waals surface area contributed by atoms with E-state index in [1.165, 1.54) is 31.2 Å². The van der Waals surface area contributed by atoms with Gasteiger partial charge in [0.1, 0.15) is 9.84 Å². The summed E-state index contributed by atoms with van der Waals surface area (Å²) in [5.41, 5.74) is 1.30. The van der Waals surface area contributed by atoms with Crippen LogP contribution in [0.1, 0.15) is 50.0 Å². The SMILES string of the molecule is O=C(NC[C@H](c1ccccc1)C1CCCC1)C1CCS(=O)(=O)CC1. The first-order valence-electron chi connectivity index (χ1n) is 9.08. The number of hydrogen-bond acceptors (Lipinski definition) is 3. The molecule has 1 aromatic carbocycles. The summed E-state index contributed by atoms with van der Waals surface area (Å²) in [4.78, 5) is 12.5. The first-order valence-corrected chi connectivity index (χ1v) is 10.9. The van der Waals surface area contributed by atoms with Gasteiger partial charge in [0.25, 0.3) is 0 Å². The summed E-state index contributed by atoms with van der Waals surface area (Å²) in [5, 5.41) is 3.12. The topological polar surface area (TPSA) is 63.2 Å². The fourth-order valence-electron chi connectivity index (χ4n) is 4.12. The maximum Gasteiger partial charge on any atom is 0.223 e. The number of rotatable bonds is 5. The molecule has 0 spiro atoms. The number of nitrogens with one attached hydrogen (secondary N) is 1. The van der Waals surface area contributed by atoms with Crippen LogP contribution >= 0.6 is 0 Å². The van der Waals surface area contributed by atoms with Gasteiger partial charge in [0.2, 0.25) is 5.91 Å². The Hall–Kier alpha value is -1.36. The van der Waals surface area contributed by atoms with Crippen LogP contribution in [0.25, 0.3) is 0 Å². The molecule has 4 nitrogen and oxygen atoms in total. The van der Waals surface area contributed by atoms with Gasteiger partial charge < -0.3 is 5.32 Å². The Morgan fingerprint density at radius 1 is 1.04 bits per heavy atom. The van der Waals surface area contributed by atoms with Gasteiger partial charge in [-0.1, -0.05) is 43.2 Å². The van der Waals surface area contributed by atoms with Crippen LogP contribution in [0, 0.1) is 11.8 Å². The van der Waals surface area contributed by atoms with Gasteiger partial charge in [0.05, 0.1) is 11.5 Å². The van der Waals surface area contributed by atoms with Crippen LogP contribution in [-0.4, -0.2) is 32.4 Å². The molecule has 1 saturated heterocycles. The molecule has 24 heavy (non-hydrogen) atoms. The highest BCUT2D eigenvalue weighted by atomic mass is 32.2. The van der Waals surface area contributed by atoms with Crippen molar-refractivity contribution in [3.05, 3.63) is 35.9 Å². The lowest BCUT2D eigenvalue weighted by Crippen LogP contribution is -2.38. The van der Waals surface area contributed by atoms with Crippen molar-refractivity contribution in [3.8, 4) is 0 Å². The lowest BCUT2D eigenvalue weighted by molar-refractivity contribution is -0.125. The molecular formula is C19H27NO3S. The van der Waals surface area contributed by atoms with E-state index in [1.54, 1.807) is 0 Å². The number of hydrogen-bond donors (Lipinski definition) is 1. The second-order valence-electron chi connectivity index (χ2n) is 7.23. The average molecular weight is 349 g/mol. The van der Waals surface area contributed by atoms with Crippen LogP contribution in [0.5, 0.6) is 0 Å². The summed E-state index contributed by atoms with van der Waals surface area (Å²) in [6.45, 7) is 0.663. The molecule has 1 atom stereocenters. The largest absolute Gasteiger partial charge is 0.355 e. The minimum absolute atomic E-state index is 0.0313. The summed E-state index contributed by atoms with van der Waals surface area (Å²) in [6, 6.07) is 10.5. The van der Waals surface area contributed by atoms with Crippen LogP contribution in [-0.2, 0) is 14.6 Å². The van der Waals surface area contributed by atoms with Gasteiger partial charge in [0.15, 0.2) is 0 Å². The average Bonchev–Trinajstić information content (AvgIpc) is 3.10. The molecule has 3 rings (SSSR count). The zero-order valence-electron chi connectivity index (χ0n) is 14.1. The van der Waals surface area contributed by atoms with Crippen molar-refractivity contribution in [1.29, 1.82) is 0 Å². The number of sulfone groups is 1. The third-order valence-corrected chi connectivity index (χ3v) is 7.33. The minimum atomic E-state index is -2.92. The second-order valence-corrected chi connectivity index (χ2v) is 9.54. The van der Waals surface area contributed by atoms with Gasteiger partial charge in [-0.25, -0.2) is 8.42 Å². The molecule has 5 heteroatoms. The molecule has 2 fully saturated rings. The Morgan fingerprint density at radius 3 is 2.29 bits per heavy atom. The molecule has 1 aliphatic heterocycles. The van der Waals surface area contributed by atoms with Crippen LogP contribution in [0.15, 0.2) is 30.3 Å². The zero-order chi connectivity index (χ0) is 17.0. The maximum absolute atomic E-state index is 12.5. The van der Waals surface area contributed by atoms with E-state index < -0.39 is 9.84 Å². The van der Waals surface area contributed by atoms with Gasteiger partial charge in [0, 0.05) is 18.4 Å². The Bertz CT molecular complexity index is 636. The molecule has 1 heterocycles. The van der Waals surface area contributed by atoms with Crippen molar-refractivity contribution < 1.29 is 13.2 Å². The smallest absolute Gasteiger partial charge is 0.223 e. The predicted octanol–water partition coefficient (Wildman–Crippen LogP) is 2.90. The van der Waals surface area contributed by atoms with Gasteiger partial charge in [-0.3, -0.25) is 4.79 Å². The van der Waals surface area contributed by atoms with Crippen molar-refractivity contribution in [1.82, 2.24) is 5.32 Å². The molecule has 0 unspecified atom stereocenters. The molecule has 132 valence electrons. The number of amides is 1. The normalized spacial score (nSPS) is 23.0. The van der Waals surface area contributed by atoms with Gasteiger partial charge in [-0.2, -0.15) is 0 Å². The van der Waals surface area contributed by atoms with E-state index in [-0.39, 0.29) is 23.3 Å². The highest BCUT2D eigenvalue weighted by molar-refractivity contribution is 7.91. The van der Waals surface area contributed by atoms with Crippen molar-refractivity contribution in [2.75, 3.05) is 18.1 Å². The Kier molecular flexibility index (Phi) is 5.59. The van der Waals surface area contributed by atoms with Crippen molar-refractivity contribution >= 4 is 15.7 Å². The monoisotopic (exact) mass is 349 g/mol. The van der Waals surface area contributed by atoms with E-state index >= 15 is 0 Å². The highest BCUT2D eigenvalue weighted by Crippen LogP contribution is 2.37. The molecule has 0 bridgehead atoms. The quantitative estimate of drug-likeness (QED) is 0.889. The molecule has 2 aliphatic rings. The Labute approximate surface area is 145 Å². The van der Waals surface area contributed by atoms with E-state index in [0.717, 1.165) is 0 Å². The molecular weight excluding hydrogens is 322 g/mol. The van der Waals surface area contributed by atoms with Crippen molar-refractivity contribution in [2.24, 2.45) is 11.8 Å². The van der Waals surface area contributed by atoms with Crippen LogP contribution in [0.2, 0.25) is 0 Å². The first kappa shape index (κ1) is 17.5. The summed E-state index contributed by atoms with van der Waals surface area (Å²) in [5.74, 6) is 1.19. The van der Waals surface area contributed by atoms with Crippen LogP contribution in [0.3, 0.4) is 0 Å². The molecule has 1 aromatic rings. The van der Waals surface area contributed by atoms with Gasteiger partial charge >= 0.3 is 0 Å². The second kappa shape index (κ2) is 7.68. The summed E-state index contributed by atoms with van der Waals surface area (Å²) < 4.78 is 23.0. The standard InChI is InChI=1S/C19H27NO3S/c21-19(17-10-12-24(22,23)13-11-17)20-14-18(16-8-4-5-9-16)15-6-2-1-3-7-15/h1-3,6-7,16-18H,4-5,8-14H2,(H,20,21)/t18-/m1/s1. The molecule has 1 saturated carbocycles. The van der Waals surface area contributed by atoms with Crippen LogP contribution < -0.4 is 5.32 Å². The van der Waals surface area contributed by atoms with Gasteiger partial charge in [-0.15, -0.1) is 0 Å². The maximum atomic E-state index is 12.5. The van der Waals surface area contributed by atoms with Crippen LogP contribution in [0.4, 0.5) is 0 Å². The lowest BCUT2D eigenvalue weighted by Gasteiger charge is -2.26. The molecule has 1 amide bonds. The third kappa shape index (κ3) is 4.38. The van der Waals surface area contributed by atoms with Crippen molar-refractivity contribution in [2.45, 2.75) is 44.4 Å². The van der Waals surface area contributed by atoms with E-state index in [9.17, 15) is 13.2 Å². The minimum Gasteiger partial charge on any atom is -0.355 e.